The lowest BCUT2D eigenvalue weighted by Crippen LogP contribution is -2.01. The fourth-order valence-corrected chi connectivity index (χ4v) is 1.29. The van der Waals surface area contributed by atoms with Crippen molar-refractivity contribution in [2.45, 2.75) is 26.2 Å². The molecule has 0 spiro atoms. The average Bonchev–Trinajstić information content (AvgIpc) is 2.26. The van der Waals surface area contributed by atoms with Crippen LogP contribution in [-0.2, 0) is 22.4 Å². The van der Waals surface area contributed by atoms with Crippen LogP contribution in [0.25, 0.3) is 0 Å². The Morgan fingerprint density at radius 2 is 1.79 bits per heavy atom. The first-order valence-electron chi connectivity index (χ1n) is 4.91. The van der Waals surface area contributed by atoms with E-state index in [1.807, 2.05) is 0 Å². The molecule has 2 heteroatoms. The standard InChI is InChI=1S/C12H16O2/c1-3-10-4-6-11(7-5-10)8-9-12(13)14-2/h4-7H,3,8-9H2,1-2H3. The molecule has 0 unspecified atom stereocenters. The smallest absolute Gasteiger partial charge is 0.305 e. The van der Waals surface area contributed by atoms with Gasteiger partial charge in [0, 0.05) is 6.42 Å². The fourth-order valence-electron chi connectivity index (χ4n) is 1.29. The van der Waals surface area contributed by atoms with Crippen LogP contribution < -0.4 is 0 Å². The number of rotatable bonds is 4. The molecule has 0 amide bonds. The first-order valence-corrected chi connectivity index (χ1v) is 4.91. The minimum absolute atomic E-state index is 0.149. The van der Waals surface area contributed by atoms with Gasteiger partial charge in [-0.25, -0.2) is 0 Å². The monoisotopic (exact) mass is 192 g/mol. The third-order valence-corrected chi connectivity index (χ3v) is 2.28. The summed E-state index contributed by atoms with van der Waals surface area (Å²) in [5.41, 5.74) is 2.51. The quantitative estimate of drug-likeness (QED) is 0.684. The number of benzene rings is 1. The molecule has 1 aromatic rings. The Morgan fingerprint density at radius 3 is 2.29 bits per heavy atom. The average molecular weight is 192 g/mol. The molecular formula is C12H16O2. The molecule has 0 aliphatic heterocycles. The van der Waals surface area contributed by atoms with Gasteiger partial charge in [-0.3, -0.25) is 4.79 Å². The van der Waals surface area contributed by atoms with Crippen molar-refractivity contribution < 1.29 is 9.53 Å². The van der Waals surface area contributed by atoms with E-state index < -0.39 is 0 Å². The zero-order valence-electron chi connectivity index (χ0n) is 8.75. The number of carbonyl (C=O) groups is 1. The van der Waals surface area contributed by atoms with E-state index in [9.17, 15) is 4.79 Å². The van der Waals surface area contributed by atoms with Crippen molar-refractivity contribution in [2.24, 2.45) is 0 Å². The maximum Gasteiger partial charge on any atom is 0.305 e. The van der Waals surface area contributed by atoms with Crippen LogP contribution in [0.1, 0.15) is 24.5 Å². The zero-order valence-corrected chi connectivity index (χ0v) is 8.75. The summed E-state index contributed by atoms with van der Waals surface area (Å²) in [7, 11) is 1.42. The van der Waals surface area contributed by atoms with E-state index in [1.165, 1.54) is 18.2 Å². The number of aryl methyl sites for hydroxylation is 2. The van der Waals surface area contributed by atoms with Gasteiger partial charge in [0.05, 0.1) is 7.11 Å². The topological polar surface area (TPSA) is 26.3 Å². The van der Waals surface area contributed by atoms with Crippen LogP contribution in [-0.4, -0.2) is 13.1 Å². The lowest BCUT2D eigenvalue weighted by atomic mass is 10.1. The van der Waals surface area contributed by atoms with Gasteiger partial charge in [0.1, 0.15) is 0 Å². The number of esters is 1. The second-order valence-electron chi connectivity index (χ2n) is 3.25. The lowest BCUT2D eigenvalue weighted by molar-refractivity contribution is -0.140. The lowest BCUT2D eigenvalue weighted by Gasteiger charge is -2.01. The molecule has 14 heavy (non-hydrogen) atoms. The van der Waals surface area contributed by atoms with Crippen molar-refractivity contribution >= 4 is 5.97 Å². The molecule has 1 aromatic carbocycles. The van der Waals surface area contributed by atoms with Crippen LogP contribution in [0.5, 0.6) is 0 Å². The molecule has 1 rings (SSSR count). The van der Waals surface area contributed by atoms with E-state index in [4.69, 9.17) is 0 Å². The van der Waals surface area contributed by atoms with Crippen molar-refractivity contribution in [1.29, 1.82) is 0 Å². The van der Waals surface area contributed by atoms with Crippen LogP contribution in [0, 0.1) is 0 Å². The molecule has 0 radical (unpaired) electrons. The molecule has 0 aromatic heterocycles. The summed E-state index contributed by atoms with van der Waals surface area (Å²) >= 11 is 0. The Hall–Kier alpha value is -1.31. The van der Waals surface area contributed by atoms with Crippen molar-refractivity contribution in [3.05, 3.63) is 35.4 Å². The van der Waals surface area contributed by atoms with Crippen molar-refractivity contribution in [1.82, 2.24) is 0 Å². The SMILES string of the molecule is CCc1ccc(CCC(=O)OC)cc1. The molecule has 0 bridgehead atoms. The highest BCUT2D eigenvalue weighted by Crippen LogP contribution is 2.07. The van der Waals surface area contributed by atoms with E-state index in [2.05, 4.69) is 35.9 Å². The summed E-state index contributed by atoms with van der Waals surface area (Å²) in [5, 5.41) is 0. The predicted octanol–water partition coefficient (Wildman–Crippen LogP) is 2.35. The van der Waals surface area contributed by atoms with Gasteiger partial charge in [0.25, 0.3) is 0 Å². The Morgan fingerprint density at radius 1 is 1.21 bits per heavy atom. The number of ether oxygens (including phenoxy) is 1. The largest absolute Gasteiger partial charge is 0.469 e. The molecule has 0 heterocycles. The third-order valence-electron chi connectivity index (χ3n) is 2.28. The highest BCUT2D eigenvalue weighted by atomic mass is 16.5. The van der Waals surface area contributed by atoms with E-state index in [0.717, 1.165) is 12.8 Å². The van der Waals surface area contributed by atoms with Crippen LogP contribution in [0.3, 0.4) is 0 Å². The highest BCUT2D eigenvalue weighted by molar-refractivity contribution is 5.69. The predicted molar refractivity (Wildman–Crippen MR) is 56.2 cm³/mol. The molecule has 0 aliphatic carbocycles. The van der Waals surface area contributed by atoms with E-state index in [0.29, 0.717) is 6.42 Å². The number of hydrogen-bond donors (Lipinski definition) is 0. The van der Waals surface area contributed by atoms with E-state index in [-0.39, 0.29) is 5.97 Å². The molecule has 0 atom stereocenters. The number of carbonyl (C=O) groups excluding carboxylic acids is 1. The first kappa shape index (κ1) is 10.8. The van der Waals surface area contributed by atoms with Gasteiger partial charge in [-0.15, -0.1) is 0 Å². The zero-order chi connectivity index (χ0) is 10.4. The number of methoxy groups -OCH3 is 1. The van der Waals surface area contributed by atoms with E-state index >= 15 is 0 Å². The van der Waals surface area contributed by atoms with Gasteiger partial charge in [0.15, 0.2) is 0 Å². The maximum absolute atomic E-state index is 10.9. The highest BCUT2D eigenvalue weighted by Gasteiger charge is 2.00. The van der Waals surface area contributed by atoms with Crippen LogP contribution in [0.15, 0.2) is 24.3 Å². The fraction of sp³-hybridized carbons (Fsp3) is 0.417. The summed E-state index contributed by atoms with van der Waals surface area (Å²) in [4.78, 5) is 10.9. The van der Waals surface area contributed by atoms with Gasteiger partial charge < -0.3 is 4.74 Å². The third kappa shape index (κ3) is 3.21. The van der Waals surface area contributed by atoms with Crippen LogP contribution in [0.4, 0.5) is 0 Å². The molecule has 0 N–H and O–H groups in total. The summed E-state index contributed by atoms with van der Waals surface area (Å²) in [5.74, 6) is -0.149. The summed E-state index contributed by atoms with van der Waals surface area (Å²) in [6.07, 6.45) is 2.27. The maximum atomic E-state index is 10.9. The minimum atomic E-state index is -0.149. The summed E-state index contributed by atoms with van der Waals surface area (Å²) < 4.78 is 4.58. The molecule has 0 saturated heterocycles. The Balaban J connectivity index is 2.47. The van der Waals surface area contributed by atoms with Crippen molar-refractivity contribution in [3.63, 3.8) is 0 Å². The Labute approximate surface area is 84.9 Å². The Bertz CT molecular complexity index is 288. The van der Waals surface area contributed by atoms with Crippen molar-refractivity contribution in [2.75, 3.05) is 7.11 Å². The molecule has 76 valence electrons. The summed E-state index contributed by atoms with van der Waals surface area (Å²) in [6.45, 7) is 2.13. The number of hydrogen-bond acceptors (Lipinski definition) is 2. The molecule has 2 nitrogen and oxygen atoms in total. The molecule has 0 aliphatic rings. The molecular weight excluding hydrogens is 176 g/mol. The van der Waals surface area contributed by atoms with Gasteiger partial charge in [-0.05, 0) is 24.0 Å². The first-order chi connectivity index (χ1) is 6.76. The van der Waals surface area contributed by atoms with Gasteiger partial charge in [-0.2, -0.15) is 0 Å². The van der Waals surface area contributed by atoms with Gasteiger partial charge >= 0.3 is 5.97 Å². The van der Waals surface area contributed by atoms with Gasteiger partial charge in [-0.1, -0.05) is 31.2 Å². The summed E-state index contributed by atoms with van der Waals surface area (Å²) in [6, 6.07) is 8.35. The second-order valence-corrected chi connectivity index (χ2v) is 3.25. The minimum Gasteiger partial charge on any atom is -0.469 e. The normalized spacial score (nSPS) is 9.86. The Kier molecular flexibility index (Phi) is 4.17. The van der Waals surface area contributed by atoms with Crippen LogP contribution in [0.2, 0.25) is 0 Å². The molecule has 0 fully saturated rings. The molecule has 0 saturated carbocycles. The van der Waals surface area contributed by atoms with Crippen molar-refractivity contribution in [3.8, 4) is 0 Å². The second kappa shape index (κ2) is 5.43. The van der Waals surface area contributed by atoms with E-state index in [1.54, 1.807) is 0 Å². The van der Waals surface area contributed by atoms with Crippen LogP contribution >= 0.6 is 0 Å². The van der Waals surface area contributed by atoms with Gasteiger partial charge in [0.2, 0.25) is 0 Å².